The van der Waals surface area contributed by atoms with Crippen molar-refractivity contribution < 1.29 is 19.8 Å². The van der Waals surface area contributed by atoms with Crippen LogP contribution in [0.4, 0.5) is 0 Å². The van der Waals surface area contributed by atoms with Gasteiger partial charge in [-0.2, -0.15) is 0 Å². The number of carboxylic acid groups (broad SMARTS) is 1. The van der Waals surface area contributed by atoms with Crippen LogP contribution in [0.15, 0.2) is 12.3 Å². The second kappa shape index (κ2) is 9.05. The van der Waals surface area contributed by atoms with E-state index in [1.807, 2.05) is 39.0 Å². The summed E-state index contributed by atoms with van der Waals surface area (Å²) >= 11 is 0. The number of aliphatic hydroxyl groups is 1. The molecule has 0 saturated carbocycles. The molecule has 5 heterocycles. The normalized spacial score (nSPS) is 26.5. The summed E-state index contributed by atoms with van der Waals surface area (Å²) in [5, 5.41) is 26.8. The van der Waals surface area contributed by atoms with Gasteiger partial charge in [0.25, 0.3) is 0 Å². The number of nitrogens with one attached hydrogen (secondary N) is 4. The maximum atomic E-state index is 13.6. The van der Waals surface area contributed by atoms with Crippen molar-refractivity contribution in [2.45, 2.75) is 47.1 Å². The number of carbonyl (C=O) groups excluding carboxylic acids is 1. The van der Waals surface area contributed by atoms with Crippen molar-refractivity contribution in [3.63, 3.8) is 0 Å². The average molecular weight is 539 g/mol. The molecule has 8 bridgehead atoms. The monoisotopic (exact) mass is 538 g/mol. The van der Waals surface area contributed by atoms with Crippen molar-refractivity contribution >= 4 is 47.9 Å². The molecule has 0 aromatic carbocycles. The minimum absolute atomic E-state index is 0.0497. The lowest BCUT2D eigenvalue weighted by Crippen LogP contribution is -2.36. The van der Waals surface area contributed by atoms with Gasteiger partial charge in [-0.1, -0.05) is 33.4 Å². The highest BCUT2D eigenvalue weighted by Crippen LogP contribution is 2.39. The lowest BCUT2D eigenvalue weighted by atomic mass is 9.84. The number of carbonyl (C=O) groups is 2. The van der Waals surface area contributed by atoms with Crippen LogP contribution in [0.5, 0.6) is 0 Å². The molecular formula is C32H34N4O4. The third-order valence-corrected chi connectivity index (χ3v) is 9.25. The second-order valence-corrected chi connectivity index (χ2v) is 11.2. The molecule has 1 saturated heterocycles. The number of carboxylic acids is 1. The second-order valence-electron chi connectivity index (χ2n) is 11.2. The number of aromatic amines is 3. The Kier molecular flexibility index (Phi) is 5.83. The highest BCUT2D eigenvalue weighted by molar-refractivity contribution is 6.19. The summed E-state index contributed by atoms with van der Waals surface area (Å²) < 4.78 is 0. The third kappa shape index (κ3) is 3.44. The molecule has 8 nitrogen and oxygen atoms in total. The SMILES string of the molecule is C=Cc1c2[nH]c(c1C)/C=C1/NC(C3=c4[nH]/c(c(C)c4C(=O)[C@@H]3C(=O)O)=C\c3[nH]c(/c(=C\O)c3CC)=C\2)[C@@H](C)[C@@H]1C. The first-order valence-corrected chi connectivity index (χ1v) is 13.7. The maximum Gasteiger partial charge on any atom is 0.318 e. The van der Waals surface area contributed by atoms with E-state index in [9.17, 15) is 19.8 Å². The van der Waals surface area contributed by atoms with Crippen molar-refractivity contribution in [3.05, 3.63) is 78.4 Å². The molecule has 6 rings (SSSR count). The molecular weight excluding hydrogens is 504 g/mol. The Morgan fingerprint density at radius 3 is 2.40 bits per heavy atom. The number of fused-ring (bicyclic) bond motifs is 8. The number of aliphatic carboxylic acids is 1. The molecule has 0 spiro atoms. The fourth-order valence-electron chi connectivity index (χ4n) is 6.82. The average Bonchev–Trinajstić information content (AvgIpc) is 3.65. The van der Waals surface area contributed by atoms with Gasteiger partial charge in [0.2, 0.25) is 0 Å². The first-order chi connectivity index (χ1) is 19.1. The fraction of sp³-hybridized carbons (Fsp3) is 0.312. The maximum absolute atomic E-state index is 13.6. The Morgan fingerprint density at radius 2 is 1.75 bits per heavy atom. The van der Waals surface area contributed by atoms with Gasteiger partial charge in [-0.3, -0.25) is 9.59 Å². The van der Waals surface area contributed by atoms with Crippen molar-refractivity contribution in [1.29, 1.82) is 0 Å². The zero-order valence-electron chi connectivity index (χ0n) is 23.3. The van der Waals surface area contributed by atoms with Gasteiger partial charge in [-0.25, -0.2) is 0 Å². The highest BCUT2D eigenvalue weighted by atomic mass is 16.4. The summed E-state index contributed by atoms with van der Waals surface area (Å²) in [5.41, 5.74) is 8.24. The summed E-state index contributed by atoms with van der Waals surface area (Å²) in [6.45, 7) is 14.2. The molecule has 40 heavy (non-hydrogen) atoms. The standard InChI is InChI=1S/C32H34N4O4/c1-7-17-15(5)21-9-20-13(3)14(4)29(35-20)27-28(32(39)40)31(38)26-16(6)22(36-30(26)27)10-24-18(8-2)19(12-37)25(34-24)11-23(17)33-21/h7,9-14,28-29,33-37H,1,8H2,2-6H3,(H,39,40)/b19-12-,20-9+,22-10-,25-11-/t13-,14-,28+,29?/m0/s1. The van der Waals surface area contributed by atoms with Crippen molar-refractivity contribution in [1.82, 2.24) is 20.3 Å². The van der Waals surface area contributed by atoms with E-state index >= 15 is 0 Å². The number of Topliss-reactive ketones (excluding diaryl/α,β-unsaturated/α-hetero) is 1. The predicted octanol–water partition coefficient (Wildman–Crippen LogP) is 2.09. The number of allylic oxidation sites excluding steroid dienone is 1. The number of hydrogen-bond acceptors (Lipinski definition) is 4. The van der Waals surface area contributed by atoms with Crippen LogP contribution in [0.2, 0.25) is 0 Å². The van der Waals surface area contributed by atoms with E-state index in [0.29, 0.717) is 28.1 Å². The molecule has 206 valence electrons. The number of aliphatic hydroxyl groups excluding tert-OH is 1. The number of rotatable bonds is 3. The third-order valence-electron chi connectivity index (χ3n) is 9.25. The Hall–Kier alpha value is -4.46. The lowest BCUT2D eigenvalue weighted by Gasteiger charge is -2.21. The van der Waals surface area contributed by atoms with Crippen LogP contribution in [0, 0.1) is 31.6 Å². The summed E-state index contributed by atoms with van der Waals surface area (Å²) in [7, 11) is 0. The van der Waals surface area contributed by atoms with Crippen LogP contribution in [-0.2, 0) is 11.2 Å². The first kappa shape index (κ1) is 25.8. The molecule has 0 radical (unpaired) electrons. The van der Waals surface area contributed by atoms with Crippen molar-refractivity contribution in [2.24, 2.45) is 17.8 Å². The van der Waals surface area contributed by atoms with Crippen LogP contribution < -0.4 is 26.6 Å². The Labute approximate surface area is 231 Å². The van der Waals surface area contributed by atoms with E-state index in [2.05, 4.69) is 46.8 Å². The minimum Gasteiger partial charge on any atom is -0.515 e. The van der Waals surface area contributed by atoms with Gasteiger partial charge in [0, 0.05) is 50.4 Å². The molecule has 1 fully saturated rings. The summed E-state index contributed by atoms with van der Waals surface area (Å²) in [5.74, 6) is -2.61. The number of H-pyrrole nitrogens is 3. The van der Waals surface area contributed by atoms with Gasteiger partial charge in [0.05, 0.1) is 23.0 Å². The molecule has 1 aliphatic carbocycles. The van der Waals surface area contributed by atoms with Crippen molar-refractivity contribution in [2.75, 3.05) is 0 Å². The molecule has 2 aliphatic heterocycles. The number of ketones is 1. The van der Waals surface area contributed by atoms with Crippen LogP contribution in [-0.4, -0.2) is 43.0 Å². The van der Waals surface area contributed by atoms with Crippen LogP contribution in [0.1, 0.15) is 70.5 Å². The predicted molar refractivity (Wildman–Crippen MR) is 156 cm³/mol. The summed E-state index contributed by atoms with van der Waals surface area (Å²) in [4.78, 5) is 36.5. The minimum atomic E-state index is -1.24. The molecule has 4 atom stereocenters. The Morgan fingerprint density at radius 1 is 1.02 bits per heavy atom. The smallest absolute Gasteiger partial charge is 0.318 e. The van der Waals surface area contributed by atoms with E-state index in [-0.39, 0.29) is 23.7 Å². The van der Waals surface area contributed by atoms with Gasteiger partial charge in [0.15, 0.2) is 5.78 Å². The zero-order chi connectivity index (χ0) is 28.6. The molecule has 3 aliphatic rings. The van der Waals surface area contributed by atoms with E-state index < -0.39 is 11.9 Å². The van der Waals surface area contributed by atoms with Gasteiger partial charge in [-0.15, -0.1) is 0 Å². The Balaban J connectivity index is 1.77. The molecule has 3 aromatic heterocycles. The van der Waals surface area contributed by atoms with Crippen LogP contribution in [0.25, 0.3) is 36.1 Å². The molecule has 0 amide bonds. The molecule has 3 aromatic rings. The summed E-state index contributed by atoms with van der Waals surface area (Å²) in [6.07, 6.45) is 9.63. The number of hydrogen-bond donors (Lipinski definition) is 6. The van der Waals surface area contributed by atoms with E-state index in [1.54, 1.807) is 0 Å². The summed E-state index contributed by atoms with van der Waals surface area (Å²) in [6, 6.07) is -0.328. The van der Waals surface area contributed by atoms with E-state index in [1.165, 1.54) is 0 Å². The van der Waals surface area contributed by atoms with E-state index in [0.717, 1.165) is 62.0 Å². The van der Waals surface area contributed by atoms with Gasteiger partial charge < -0.3 is 30.5 Å². The lowest BCUT2D eigenvalue weighted by molar-refractivity contribution is -0.138. The Bertz CT molecular complexity index is 1910. The molecule has 6 N–H and O–H groups in total. The van der Waals surface area contributed by atoms with Gasteiger partial charge in [0.1, 0.15) is 5.92 Å². The largest absolute Gasteiger partial charge is 0.515 e. The zero-order valence-corrected chi connectivity index (χ0v) is 23.3. The van der Waals surface area contributed by atoms with Gasteiger partial charge in [-0.05, 0) is 66.7 Å². The van der Waals surface area contributed by atoms with Crippen LogP contribution in [0.3, 0.4) is 0 Å². The number of aromatic nitrogens is 3. The van der Waals surface area contributed by atoms with Crippen molar-refractivity contribution in [3.8, 4) is 0 Å². The fourth-order valence-corrected chi connectivity index (χ4v) is 6.82. The van der Waals surface area contributed by atoms with Gasteiger partial charge >= 0.3 is 5.97 Å². The van der Waals surface area contributed by atoms with Crippen LogP contribution >= 0.6 is 0 Å². The molecule has 8 heteroatoms. The highest BCUT2D eigenvalue weighted by Gasteiger charge is 2.47. The van der Waals surface area contributed by atoms with E-state index in [4.69, 9.17) is 0 Å². The topological polar surface area (TPSA) is 134 Å². The quantitative estimate of drug-likeness (QED) is 0.284. The molecule has 1 unspecified atom stereocenters. The first-order valence-electron chi connectivity index (χ1n) is 13.7.